The SMILES string of the molecule is Cc1oc2c(C(C)O)cccc2c1C. The van der Waals surface area contributed by atoms with Crippen LogP contribution in [0.5, 0.6) is 0 Å². The molecule has 74 valence electrons. The van der Waals surface area contributed by atoms with Crippen LogP contribution in [0, 0.1) is 13.8 Å². The number of aliphatic hydroxyl groups excluding tert-OH is 1. The van der Waals surface area contributed by atoms with Crippen LogP contribution >= 0.6 is 0 Å². The molecule has 0 saturated heterocycles. The third-order valence-electron chi connectivity index (χ3n) is 2.68. The molecule has 0 saturated carbocycles. The summed E-state index contributed by atoms with van der Waals surface area (Å²) in [6.07, 6.45) is -0.483. The van der Waals surface area contributed by atoms with E-state index in [1.54, 1.807) is 6.92 Å². The van der Waals surface area contributed by atoms with Crippen molar-refractivity contribution < 1.29 is 9.52 Å². The zero-order valence-electron chi connectivity index (χ0n) is 8.66. The summed E-state index contributed by atoms with van der Waals surface area (Å²) in [6.45, 7) is 5.73. The first kappa shape index (κ1) is 9.28. The number of rotatable bonds is 1. The van der Waals surface area contributed by atoms with Crippen molar-refractivity contribution in [2.75, 3.05) is 0 Å². The van der Waals surface area contributed by atoms with Crippen LogP contribution in [0.1, 0.15) is 29.9 Å². The van der Waals surface area contributed by atoms with Crippen molar-refractivity contribution in [2.24, 2.45) is 0 Å². The number of furan rings is 1. The van der Waals surface area contributed by atoms with Crippen molar-refractivity contribution in [3.05, 3.63) is 35.1 Å². The standard InChI is InChI=1S/C12H14O2/c1-7-9(3)14-12-10(7)5-4-6-11(12)8(2)13/h4-6,8,13H,1-3H3. The van der Waals surface area contributed by atoms with E-state index in [1.165, 1.54) is 0 Å². The number of para-hydroxylation sites is 1. The summed E-state index contributed by atoms with van der Waals surface area (Å²) < 4.78 is 5.63. The smallest absolute Gasteiger partial charge is 0.140 e. The number of aryl methyl sites for hydroxylation is 2. The van der Waals surface area contributed by atoms with Crippen LogP contribution < -0.4 is 0 Å². The van der Waals surface area contributed by atoms with Gasteiger partial charge in [-0.05, 0) is 26.3 Å². The molecule has 1 aromatic carbocycles. The van der Waals surface area contributed by atoms with Gasteiger partial charge in [0.1, 0.15) is 11.3 Å². The zero-order chi connectivity index (χ0) is 10.3. The molecule has 0 amide bonds. The largest absolute Gasteiger partial charge is 0.461 e. The summed E-state index contributed by atoms with van der Waals surface area (Å²) >= 11 is 0. The molecule has 2 aromatic rings. The van der Waals surface area contributed by atoms with Gasteiger partial charge in [0, 0.05) is 10.9 Å². The van der Waals surface area contributed by atoms with Gasteiger partial charge in [0.15, 0.2) is 0 Å². The predicted octanol–water partition coefficient (Wildman–Crippen LogP) is 3.10. The van der Waals surface area contributed by atoms with E-state index < -0.39 is 6.10 Å². The Balaban J connectivity index is 2.81. The Bertz CT molecular complexity index is 466. The summed E-state index contributed by atoms with van der Waals surface area (Å²) in [4.78, 5) is 0. The van der Waals surface area contributed by atoms with Crippen molar-refractivity contribution in [1.82, 2.24) is 0 Å². The maximum atomic E-state index is 9.56. The fourth-order valence-corrected chi connectivity index (χ4v) is 1.71. The van der Waals surface area contributed by atoms with Gasteiger partial charge in [0.25, 0.3) is 0 Å². The first-order chi connectivity index (χ1) is 6.61. The Morgan fingerprint density at radius 3 is 2.64 bits per heavy atom. The lowest BCUT2D eigenvalue weighted by molar-refractivity contribution is 0.199. The van der Waals surface area contributed by atoms with Gasteiger partial charge in [0.2, 0.25) is 0 Å². The second-order valence-electron chi connectivity index (χ2n) is 3.68. The highest BCUT2D eigenvalue weighted by Gasteiger charge is 2.12. The lowest BCUT2D eigenvalue weighted by atomic mass is 10.1. The van der Waals surface area contributed by atoms with E-state index in [4.69, 9.17) is 4.42 Å². The highest BCUT2D eigenvalue weighted by molar-refractivity contribution is 5.84. The van der Waals surface area contributed by atoms with Crippen LogP contribution in [0.2, 0.25) is 0 Å². The van der Waals surface area contributed by atoms with Crippen LogP contribution in [0.25, 0.3) is 11.0 Å². The molecule has 1 heterocycles. The Kier molecular flexibility index (Phi) is 2.08. The quantitative estimate of drug-likeness (QED) is 0.749. The van der Waals surface area contributed by atoms with E-state index in [0.29, 0.717) is 0 Å². The van der Waals surface area contributed by atoms with Crippen molar-refractivity contribution >= 4 is 11.0 Å². The maximum absolute atomic E-state index is 9.56. The second kappa shape index (κ2) is 3.14. The van der Waals surface area contributed by atoms with Gasteiger partial charge in [-0.15, -0.1) is 0 Å². The molecular formula is C12H14O2. The highest BCUT2D eigenvalue weighted by Crippen LogP contribution is 2.30. The minimum atomic E-state index is -0.483. The third kappa shape index (κ3) is 1.23. The molecule has 0 aliphatic rings. The van der Waals surface area contributed by atoms with Gasteiger partial charge < -0.3 is 9.52 Å². The number of benzene rings is 1. The van der Waals surface area contributed by atoms with Crippen molar-refractivity contribution in [2.45, 2.75) is 26.9 Å². The minimum absolute atomic E-state index is 0.483. The molecule has 2 nitrogen and oxygen atoms in total. The van der Waals surface area contributed by atoms with E-state index in [0.717, 1.165) is 27.9 Å². The molecule has 1 aromatic heterocycles. The topological polar surface area (TPSA) is 33.4 Å². The van der Waals surface area contributed by atoms with Crippen LogP contribution in [0.3, 0.4) is 0 Å². The van der Waals surface area contributed by atoms with Crippen molar-refractivity contribution in [1.29, 1.82) is 0 Å². The van der Waals surface area contributed by atoms with Gasteiger partial charge in [-0.25, -0.2) is 0 Å². The zero-order valence-corrected chi connectivity index (χ0v) is 8.66. The molecule has 0 fully saturated rings. The summed E-state index contributed by atoms with van der Waals surface area (Å²) in [5.74, 6) is 0.924. The van der Waals surface area contributed by atoms with Gasteiger partial charge in [-0.3, -0.25) is 0 Å². The van der Waals surface area contributed by atoms with E-state index >= 15 is 0 Å². The minimum Gasteiger partial charge on any atom is -0.461 e. The van der Waals surface area contributed by atoms with Gasteiger partial charge in [0.05, 0.1) is 6.10 Å². The van der Waals surface area contributed by atoms with Gasteiger partial charge in [-0.1, -0.05) is 18.2 Å². The lowest BCUT2D eigenvalue weighted by Gasteiger charge is -2.04. The molecule has 0 aliphatic heterocycles. The van der Waals surface area contributed by atoms with Gasteiger partial charge >= 0.3 is 0 Å². The first-order valence-electron chi connectivity index (χ1n) is 4.78. The van der Waals surface area contributed by atoms with E-state index in [9.17, 15) is 5.11 Å². The third-order valence-corrected chi connectivity index (χ3v) is 2.68. The summed E-state index contributed by atoms with van der Waals surface area (Å²) in [6, 6.07) is 5.87. The van der Waals surface area contributed by atoms with Crippen LogP contribution in [-0.4, -0.2) is 5.11 Å². The highest BCUT2D eigenvalue weighted by atomic mass is 16.3. The Hall–Kier alpha value is -1.28. The van der Waals surface area contributed by atoms with E-state index in [2.05, 4.69) is 0 Å². The molecule has 0 spiro atoms. The molecule has 1 N–H and O–H groups in total. The molecule has 14 heavy (non-hydrogen) atoms. The molecule has 1 atom stereocenters. The monoisotopic (exact) mass is 190 g/mol. The summed E-state index contributed by atoms with van der Waals surface area (Å²) in [7, 11) is 0. The van der Waals surface area contributed by atoms with Crippen molar-refractivity contribution in [3.8, 4) is 0 Å². The van der Waals surface area contributed by atoms with Crippen molar-refractivity contribution in [3.63, 3.8) is 0 Å². The molecule has 0 bridgehead atoms. The first-order valence-corrected chi connectivity index (χ1v) is 4.78. The Morgan fingerprint density at radius 1 is 1.29 bits per heavy atom. The number of aliphatic hydroxyl groups is 1. The molecule has 0 aliphatic carbocycles. The molecule has 2 rings (SSSR count). The fraction of sp³-hybridized carbons (Fsp3) is 0.333. The maximum Gasteiger partial charge on any atom is 0.140 e. The fourth-order valence-electron chi connectivity index (χ4n) is 1.71. The normalized spacial score (nSPS) is 13.4. The molecule has 1 unspecified atom stereocenters. The molecular weight excluding hydrogens is 176 g/mol. The molecule has 0 radical (unpaired) electrons. The average Bonchev–Trinajstić information content (AvgIpc) is 2.43. The van der Waals surface area contributed by atoms with Crippen LogP contribution in [-0.2, 0) is 0 Å². The van der Waals surface area contributed by atoms with Gasteiger partial charge in [-0.2, -0.15) is 0 Å². The number of hydrogen-bond donors (Lipinski definition) is 1. The second-order valence-corrected chi connectivity index (χ2v) is 3.68. The summed E-state index contributed by atoms with van der Waals surface area (Å²) in [5.41, 5.74) is 2.83. The average molecular weight is 190 g/mol. The summed E-state index contributed by atoms with van der Waals surface area (Å²) in [5, 5.41) is 10.7. The van der Waals surface area contributed by atoms with E-state index in [-0.39, 0.29) is 0 Å². The van der Waals surface area contributed by atoms with Crippen LogP contribution in [0.4, 0.5) is 0 Å². The Labute approximate surface area is 83.2 Å². The Morgan fingerprint density at radius 2 is 2.00 bits per heavy atom. The van der Waals surface area contributed by atoms with E-state index in [1.807, 2.05) is 32.0 Å². The molecule has 2 heteroatoms. The predicted molar refractivity (Wildman–Crippen MR) is 56.3 cm³/mol. The lowest BCUT2D eigenvalue weighted by Crippen LogP contribution is -1.90. The number of hydrogen-bond acceptors (Lipinski definition) is 2. The number of fused-ring (bicyclic) bond motifs is 1. The van der Waals surface area contributed by atoms with Crippen LogP contribution in [0.15, 0.2) is 22.6 Å².